The first-order valence-electron chi connectivity index (χ1n) is 30.5. The number of rotatable bonds is 4. The van der Waals surface area contributed by atoms with Gasteiger partial charge in [0.25, 0.3) is 0 Å². The van der Waals surface area contributed by atoms with Crippen LogP contribution < -0.4 is 14.4 Å². The van der Waals surface area contributed by atoms with Crippen molar-refractivity contribution in [2.75, 3.05) is 4.90 Å². The predicted molar refractivity (Wildman–Crippen MR) is 354 cm³/mol. The summed E-state index contributed by atoms with van der Waals surface area (Å²) in [7, 11) is 0. The van der Waals surface area contributed by atoms with Crippen molar-refractivity contribution in [2.24, 2.45) is 0 Å². The molecule has 0 bridgehead atoms. The number of anilines is 3. The number of fused-ring (bicyclic) bond motifs is 19. The van der Waals surface area contributed by atoms with E-state index >= 15 is 0 Å². The quantitative estimate of drug-likeness (QED) is 0.175. The third-order valence-electron chi connectivity index (χ3n) is 19.2. The SMILES string of the molecule is CC(C)(C)c1ccc2c(c1)C1(c3cc(C(C)(C)C)ccc3O2)c2ccccc2-c2c(N(c3ccc4c(c3)C3(c5ccccc5O4)c4cc(C(C)(C)C)ccc4-c4ccc(C(C)(C)C)cc43)c3ccccc3-c3cccc4ccccc34)cccc21. The van der Waals surface area contributed by atoms with Gasteiger partial charge in [-0.3, -0.25) is 0 Å². The van der Waals surface area contributed by atoms with Crippen molar-refractivity contribution < 1.29 is 9.47 Å². The number of hydrogen-bond acceptors (Lipinski definition) is 3. The normalized spacial score (nSPS) is 14.7. The van der Waals surface area contributed by atoms with E-state index in [9.17, 15) is 0 Å². The Labute approximate surface area is 502 Å². The number of para-hydroxylation sites is 2. The standard InChI is InChI=1S/C82H73NO2/c1-77(2,3)51-35-40-58-59-41-36-52(78(4,5)6)46-66(59)82(65(58)45-51)63-30-18-20-34-72(63)84-75-44-39-55(49-69(75)82)83(70-32-19-16-26-60(70)57-28-21-24-50-23-13-14-25-56(50)57)71-33-22-31-64-76(71)61-27-15-17-29-62(61)81(64)67-47-53(79(7,8)9)37-42-73(67)85-74-43-38-54(48-68(74)81)80(10,11)12/h13-49H,1-12H3. The van der Waals surface area contributed by atoms with Gasteiger partial charge in [-0.25, -0.2) is 0 Å². The smallest absolute Gasteiger partial charge is 0.132 e. The third kappa shape index (κ3) is 7.71. The molecule has 11 aromatic rings. The molecule has 3 heteroatoms. The van der Waals surface area contributed by atoms with Crippen molar-refractivity contribution in [2.45, 2.75) is 116 Å². The molecule has 0 unspecified atom stereocenters. The van der Waals surface area contributed by atoms with Crippen molar-refractivity contribution >= 4 is 27.8 Å². The molecule has 0 radical (unpaired) electrons. The molecule has 0 N–H and O–H groups in total. The Bertz CT molecular complexity index is 4470. The fraction of sp³-hybridized carbons (Fsp3) is 0.220. The van der Waals surface area contributed by atoms with Gasteiger partial charge in [-0.1, -0.05) is 247 Å². The van der Waals surface area contributed by atoms with E-state index in [0.29, 0.717) is 0 Å². The Morgan fingerprint density at radius 1 is 0.282 bits per heavy atom. The highest BCUT2D eigenvalue weighted by atomic mass is 16.5. The minimum atomic E-state index is -0.742. The van der Waals surface area contributed by atoms with Crippen LogP contribution in [0.15, 0.2) is 224 Å². The Morgan fingerprint density at radius 2 is 0.694 bits per heavy atom. The van der Waals surface area contributed by atoms with E-state index in [1.165, 1.54) is 94.2 Å². The molecule has 3 nitrogen and oxygen atoms in total. The first-order valence-corrected chi connectivity index (χ1v) is 30.5. The van der Waals surface area contributed by atoms with E-state index in [1.807, 2.05) is 0 Å². The molecule has 15 rings (SSSR count). The van der Waals surface area contributed by atoms with E-state index in [2.05, 4.69) is 312 Å². The summed E-state index contributed by atoms with van der Waals surface area (Å²) in [6, 6.07) is 85.3. The van der Waals surface area contributed by atoms with Crippen LogP contribution in [0.1, 0.15) is 150 Å². The minimum absolute atomic E-state index is 0.103. The van der Waals surface area contributed by atoms with Crippen LogP contribution in [0, 0.1) is 0 Å². The largest absolute Gasteiger partial charge is 0.457 e. The van der Waals surface area contributed by atoms with Crippen LogP contribution in [0.25, 0.3) is 44.2 Å². The summed E-state index contributed by atoms with van der Waals surface area (Å²) >= 11 is 0. The molecule has 0 aromatic heterocycles. The average Bonchev–Trinajstić information content (AvgIpc) is 1.60. The highest BCUT2D eigenvalue weighted by molar-refractivity contribution is 6.05. The lowest BCUT2D eigenvalue weighted by atomic mass is 9.64. The Hall–Kier alpha value is -8.92. The summed E-state index contributed by atoms with van der Waals surface area (Å²) in [6.45, 7) is 27.9. The van der Waals surface area contributed by atoms with Crippen molar-refractivity contribution in [3.05, 3.63) is 291 Å². The van der Waals surface area contributed by atoms with Gasteiger partial charge in [0.15, 0.2) is 0 Å². The number of benzene rings is 11. The first-order chi connectivity index (χ1) is 40.7. The van der Waals surface area contributed by atoms with Crippen LogP contribution in [-0.4, -0.2) is 0 Å². The predicted octanol–water partition coefficient (Wildman–Crippen LogP) is 22.1. The van der Waals surface area contributed by atoms with Crippen molar-refractivity contribution in [3.8, 4) is 56.4 Å². The molecule has 11 aromatic carbocycles. The zero-order chi connectivity index (χ0) is 58.7. The van der Waals surface area contributed by atoms with E-state index in [1.54, 1.807) is 0 Å². The van der Waals surface area contributed by atoms with Crippen LogP contribution in [0.3, 0.4) is 0 Å². The van der Waals surface area contributed by atoms with Gasteiger partial charge >= 0.3 is 0 Å². The lowest BCUT2D eigenvalue weighted by Crippen LogP contribution is -2.33. The second-order valence-electron chi connectivity index (χ2n) is 28.4. The molecular formula is C82H73NO2. The summed E-state index contributed by atoms with van der Waals surface area (Å²) in [4.78, 5) is 2.59. The topological polar surface area (TPSA) is 21.7 Å². The van der Waals surface area contributed by atoms with Crippen molar-refractivity contribution in [3.63, 3.8) is 0 Å². The molecule has 0 saturated carbocycles. The molecule has 0 saturated heterocycles. The minimum Gasteiger partial charge on any atom is -0.457 e. The van der Waals surface area contributed by atoms with Gasteiger partial charge in [-0.15, -0.1) is 0 Å². The summed E-state index contributed by atoms with van der Waals surface area (Å²) in [5, 5.41) is 2.41. The zero-order valence-corrected chi connectivity index (χ0v) is 51.1. The summed E-state index contributed by atoms with van der Waals surface area (Å²) in [5.41, 5.74) is 23.3. The monoisotopic (exact) mass is 1100 g/mol. The van der Waals surface area contributed by atoms with Crippen molar-refractivity contribution in [1.29, 1.82) is 0 Å². The maximum atomic E-state index is 7.28. The van der Waals surface area contributed by atoms with Gasteiger partial charge in [-0.05, 0) is 160 Å². The molecule has 2 aliphatic carbocycles. The third-order valence-corrected chi connectivity index (χ3v) is 19.2. The van der Waals surface area contributed by atoms with Gasteiger partial charge in [-0.2, -0.15) is 0 Å². The molecule has 0 fully saturated rings. The van der Waals surface area contributed by atoms with E-state index in [4.69, 9.17) is 9.47 Å². The molecule has 418 valence electrons. The second kappa shape index (κ2) is 18.3. The van der Waals surface area contributed by atoms with Crippen molar-refractivity contribution in [1.82, 2.24) is 0 Å². The summed E-state index contributed by atoms with van der Waals surface area (Å²) in [6.07, 6.45) is 0. The van der Waals surface area contributed by atoms with E-state index in [-0.39, 0.29) is 21.7 Å². The Balaban J connectivity index is 1.08. The first kappa shape index (κ1) is 52.9. The maximum Gasteiger partial charge on any atom is 0.132 e. The average molecular weight is 1100 g/mol. The molecule has 0 atom stereocenters. The van der Waals surface area contributed by atoms with Gasteiger partial charge in [0.2, 0.25) is 0 Å². The molecular weight excluding hydrogens is 1030 g/mol. The van der Waals surface area contributed by atoms with Crippen LogP contribution in [0.4, 0.5) is 17.1 Å². The Kier molecular flexibility index (Phi) is 11.4. The zero-order valence-electron chi connectivity index (χ0n) is 51.1. The van der Waals surface area contributed by atoms with Crippen LogP contribution in [0.2, 0.25) is 0 Å². The number of hydrogen-bond donors (Lipinski definition) is 0. The maximum absolute atomic E-state index is 7.28. The number of nitrogens with zero attached hydrogens (tertiary/aromatic N) is 1. The lowest BCUT2D eigenvalue weighted by molar-refractivity contribution is 0.433. The van der Waals surface area contributed by atoms with E-state index < -0.39 is 10.8 Å². The molecule has 0 amide bonds. The highest BCUT2D eigenvalue weighted by Gasteiger charge is 2.55. The van der Waals surface area contributed by atoms with Gasteiger partial charge in [0.05, 0.1) is 22.2 Å². The molecule has 2 heterocycles. The van der Waals surface area contributed by atoms with Gasteiger partial charge < -0.3 is 14.4 Å². The molecule has 2 spiro atoms. The van der Waals surface area contributed by atoms with Gasteiger partial charge in [0, 0.05) is 39.1 Å². The molecule has 85 heavy (non-hydrogen) atoms. The number of ether oxygens (including phenoxy) is 2. The molecule has 2 aliphatic heterocycles. The van der Waals surface area contributed by atoms with Crippen LogP contribution in [0.5, 0.6) is 23.0 Å². The molecule has 4 aliphatic rings. The summed E-state index contributed by atoms with van der Waals surface area (Å²) in [5.74, 6) is 3.51. The van der Waals surface area contributed by atoms with E-state index in [0.717, 1.165) is 56.8 Å². The highest BCUT2D eigenvalue weighted by Crippen LogP contribution is 2.67. The van der Waals surface area contributed by atoms with Gasteiger partial charge in [0.1, 0.15) is 23.0 Å². The Morgan fingerprint density at radius 3 is 1.31 bits per heavy atom. The fourth-order valence-corrected chi connectivity index (χ4v) is 14.9. The summed E-state index contributed by atoms with van der Waals surface area (Å²) < 4.78 is 14.4. The van der Waals surface area contributed by atoms with Crippen LogP contribution >= 0.6 is 0 Å². The second-order valence-corrected chi connectivity index (χ2v) is 28.4. The lowest BCUT2D eigenvalue weighted by Gasteiger charge is -2.41. The fourth-order valence-electron chi connectivity index (χ4n) is 14.9. The van der Waals surface area contributed by atoms with Crippen LogP contribution in [-0.2, 0) is 32.5 Å².